The third-order valence-corrected chi connectivity index (χ3v) is 4.20. The van der Waals surface area contributed by atoms with Gasteiger partial charge in [0, 0.05) is 20.2 Å². The first-order valence-corrected chi connectivity index (χ1v) is 9.97. The van der Waals surface area contributed by atoms with Crippen LogP contribution in [0.3, 0.4) is 0 Å². The van der Waals surface area contributed by atoms with Gasteiger partial charge in [-0.25, -0.2) is 4.99 Å². The van der Waals surface area contributed by atoms with Crippen molar-refractivity contribution in [1.82, 2.24) is 10.6 Å². The fourth-order valence-corrected chi connectivity index (χ4v) is 2.63. The smallest absolute Gasteiger partial charge is 0.387 e. The molecule has 7 nitrogen and oxygen atoms in total. The Bertz CT molecular complexity index is 786. The molecule has 0 aliphatic heterocycles. The summed E-state index contributed by atoms with van der Waals surface area (Å²) in [5, 5.41) is 16.6. The fourth-order valence-electron chi connectivity index (χ4n) is 2.63. The SMILES string of the molecule is CCNC(=NCc1ccc(OCCOC)cc1)NCC(O)c1ccc(OC(F)F)cc1. The summed E-state index contributed by atoms with van der Waals surface area (Å²) >= 11 is 0. The maximum absolute atomic E-state index is 12.2. The number of benzene rings is 2. The molecule has 0 bridgehead atoms. The minimum Gasteiger partial charge on any atom is -0.491 e. The molecule has 0 amide bonds. The molecule has 2 aromatic rings. The van der Waals surface area contributed by atoms with Crippen LogP contribution in [0.2, 0.25) is 0 Å². The summed E-state index contributed by atoms with van der Waals surface area (Å²) < 4.78 is 39.3. The molecule has 0 aromatic heterocycles. The van der Waals surface area contributed by atoms with Crippen LogP contribution in [0.25, 0.3) is 0 Å². The molecular weight excluding hydrogens is 408 g/mol. The van der Waals surface area contributed by atoms with Crippen molar-refractivity contribution in [3.05, 3.63) is 59.7 Å². The number of ether oxygens (including phenoxy) is 3. The van der Waals surface area contributed by atoms with E-state index in [0.717, 1.165) is 11.3 Å². The Morgan fingerprint density at radius 2 is 1.68 bits per heavy atom. The van der Waals surface area contributed by atoms with Crippen LogP contribution in [-0.4, -0.2) is 51.1 Å². The summed E-state index contributed by atoms with van der Waals surface area (Å²) in [6.07, 6.45) is -0.840. The molecule has 0 aliphatic rings. The molecule has 31 heavy (non-hydrogen) atoms. The molecule has 0 heterocycles. The Balaban J connectivity index is 1.87. The van der Waals surface area contributed by atoms with Crippen LogP contribution in [0.4, 0.5) is 8.78 Å². The Morgan fingerprint density at radius 1 is 1.00 bits per heavy atom. The van der Waals surface area contributed by atoms with E-state index in [1.165, 1.54) is 12.1 Å². The fraction of sp³-hybridized carbons (Fsp3) is 0.409. The van der Waals surface area contributed by atoms with Crippen LogP contribution in [0.1, 0.15) is 24.2 Å². The van der Waals surface area contributed by atoms with Gasteiger partial charge >= 0.3 is 6.61 Å². The van der Waals surface area contributed by atoms with Crippen molar-refractivity contribution in [2.45, 2.75) is 26.2 Å². The Hall–Kier alpha value is -2.91. The van der Waals surface area contributed by atoms with Gasteiger partial charge in [-0.1, -0.05) is 24.3 Å². The van der Waals surface area contributed by atoms with Crippen molar-refractivity contribution in [3.63, 3.8) is 0 Å². The van der Waals surface area contributed by atoms with Crippen molar-refractivity contribution in [2.75, 3.05) is 33.4 Å². The number of aliphatic imine (C=N–C) groups is 1. The number of nitrogens with one attached hydrogen (secondary N) is 2. The highest BCUT2D eigenvalue weighted by Gasteiger charge is 2.10. The number of alkyl halides is 2. The minimum absolute atomic E-state index is 0.0453. The third kappa shape index (κ3) is 9.18. The quantitative estimate of drug-likeness (QED) is 0.269. The van der Waals surface area contributed by atoms with Crippen LogP contribution >= 0.6 is 0 Å². The molecule has 2 aromatic carbocycles. The maximum atomic E-state index is 12.2. The molecule has 9 heteroatoms. The topological polar surface area (TPSA) is 84.3 Å². The molecular formula is C22H29F2N3O4. The lowest BCUT2D eigenvalue weighted by Gasteiger charge is -2.16. The van der Waals surface area contributed by atoms with Gasteiger partial charge in [0.2, 0.25) is 0 Å². The number of guanidine groups is 1. The average molecular weight is 437 g/mol. The van der Waals surface area contributed by atoms with Gasteiger partial charge in [-0.2, -0.15) is 8.78 Å². The van der Waals surface area contributed by atoms with Gasteiger partial charge in [0.25, 0.3) is 0 Å². The Morgan fingerprint density at radius 3 is 2.29 bits per heavy atom. The normalized spacial score (nSPS) is 12.5. The summed E-state index contributed by atoms with van der Waals surface area (Å²) in [5.74, 6) is 1.37. The van der Waals surface area contributed by atoms with Gasteiger partial charge in [0.05, 0.1) is 19.3 Å². The van der Waals surface area contributed by atoms with E-state index in [2.05, 4.69) is 20.4 Å². The molecule has 3 N–H and O–H groups in total. The van der Waals surface area contributed by atoms with Gasteiger partial charge in [-0.15, -0.1) is 0 Å². The number of aliphatic hydroxyl groups is 1. The van der Waals surface area contributed by atoms with Crippen molar-refractivity contribution >= 4 is 5.96 Å². The van der Waals surface area contributed by atoms with Crippen LogP contribution in [0.5, 0.6) is 11.5 Å². The summed E-state index contributed by atoms with van der Waals surface area (Å²) in [6.45, 7) is 1.40. The highest BCUT2D eigenvalue weighted by Crippen LogP contribution is 2.19. The van der Waals surface area contributed by atoms with Crippen molar-refractivity contribution in [2.24, 2.45) is 4.99 Å². The third-order valence-electron chi connectivity index (χ3n) is 4.20. The van der Waals surface area contributed by atoms with E-state index in [0.29, 0.717) is 37.8 Å². The molecule has 0 saturated heterocycles. The van der Waals surface area contributed by atoms with E-state index >= 15 is 0 Å². The first-order valence-electron chi connectivity index (χ1n) is 9.97. The standard InChI is InChI=1S/C22H29F2N3O4/c1-3-25-22(26-14-16-4-8-18(9-5-16)30-13-12-29-2)27-15-20(28)17-6-10-19(11-7-17)31-21(23)24/h4-11,20-21,28H,3,12-15H2,1-2H3,(H2,25,26,27). The van der Waals surface area contributed by atoms with Crippen LogP contribution < -0.4 is 20.1 Å². The maximum Gasteiger partial charge on any atom is 0.387 e. The number of hydrogen-bond acceptors (Lipinski definition) is 5. The number of aliphatic hydroxyl groups excluding tert-OH is 1. The second-order valence-electron chi connectivity index (χ2n) is 6.52. The molecule has 0 fully saturated rings. The van der Waals surface area contributed by atoms with E-state index in [4.69, 9.17) is 9.47 Å². The monoisotopic (exact) mass is 437 g/mol. The molecule has 0 aliphatic carbocycles. The highest BCUT2D eigenvalue weighted by molar-refractivity contribution is 5.79. The van der Waals surface area contributed by atoms with E-state index in [9.17, 15) is 13.9 Å². The second kappa shape index (κ2) is 13.4. The van der Waals surface area contributed by atoms with Crippen molar-refractivity contribution in [1.29, 1.82) is 0 Å². The predicted octanol–water partition coefficient (Wildman–Crippen LogP) is 3.10. The lowest BCUT2D eigenvalue weighted by atomic mass is 10.1. The summed E-state index contributed by atoms with van der Waals surface area (Å²) in [6, 6.07) is 13.5. The number of halogens is 2. The molecule has 0 saturated carbocycles. The van der Waals surface area contributed by atoms with E-state index < -0.39 is 12.7 Å². The van der Waals surface area contributed by atoms with Gasteiger partial charge in [-0.05, 0) is 42.3 Å². The molecule has 0 spiro atoms. The molecule has 2 rings (SSSR count). The average Bonchev–Trinajstić information content (AvgIpc) is 2.76. The van der Waals surface area contributed by atoms with E-state index in [-0.39, 0.29) is 12.3 Å². The number of hydrogen-bond donors (Lipinski definition) is 3. The first-order chi connectivity index (χ1) is 15.0. The van der Waals surface area contributed by atoms with E-state index in [1.54, 1.807) is 19.2 Å². The second-order valence-corrected chi connectivity index (χ2v) is 6.52. The predicted molar refractivity (Wildman–Crippen MR) is 115 cm³/mol. The number of methoxy groups -OCH3 is 1. The largest absolute Gasteiger partial charge is 0.491 e. The summed E-state index contributed by atoms with van der Waals surface area (Å²) in [7, 11) is 1.63. The van der Waals surface area contributed by atoms with Gasteiger partial charge in [0.15, 0.2) is 5.96 Å². The Kier molecular flexibility index (Phi) is 10.5. The minimum atomic E-state index is -2.88. The van der Waals surface area contributed by atoms with Crippen LogP contribution in [0.15, 0.2) is 53.5 Å². The Labute approximate surface area is 181 Å². The summed E-state index contributed by atoms with van der Waals surface area (Å²) in [4.78, 5) is 4.52. The van der Waals surface area contributed by atoms with Crippen LogP contribution in [0, 0.1) is 0 Å². The van der Waals surface area contributed by atoms with Crippen molar-refractivity contribution < 1.29 is 28.1 Å². The first kappa shape index (κ1) is 24.4. The lowest BCUT2D eigenvalue weighted by Crippen LogP contribution is -2.39. The lowest BCUT2D eigenvalue weighted by molar-refractivity contribution is -0.0498. The highest BCUT2D eigenvalue weighted by atomic mass is 19.3. The zero-order chi connectivity index (χ0) is 22.5. The van der Waals surface area contributed by atoms with Gasteiger partial charge < -0.3 is 30.0 Å². The zero-order valence-electron chi connectivity index (χ0n) is 17.7. The van der Waals surface area contributed by atoms with Crippen LogP contribution in [-0.2, 0) is 11.3 Å². The van der Waals surface area contributed by atoms with Crippen molar-refractivity contribution in [3.8, 4) is 11.5 Å². The molecule has 1 atom stereocenters. The van der Waals surface area contributed by atoms with Gasteiger partial charge in [0.1, 0.15) is 18.1 Å². The molecule has 0 radical (unpaired) electrons. The van der Waals surface area contributed by atoms with Gasteiger partial charge in [-0.3, -0.25) is 0 Å². The summed E-state index contributed by atoms with van der Waals surface area (Å²) in [5.41, 5.74) is 1.58. The molecule has 1 unspecified atom stereocenters. The molecule has 170 valence electrons. The number of nitrogens with zero attached hydrogens (tertiary/aromatic N) is 1. The number of rotatable bonds is 12. The van der Waals surface area contributed by atoms with E-state index in [1.807, 2.05) is 31.2 Å². The zero-order valence-corrected chi connectivity index (χ0v) is 17.7.